The maximum Gasteiger partial charge on any atom is 0.164 e. The predicted molar refractivity (Wildman–Crippen MR) is 252 cm³/mol. The maximum absolute atomic E-state index is 9.89. The minimum atomic E-state index is -0.784. The van der Waals surface area contributed by atoms with Gasteiger partial charge in [-0.3, -0.25) is 0 Å². The number of hydrogen-bond acceptors (Lipinski definition) is 3. The first-order valence-corrected chi connectivity index (χ1v) is 19.2. The number of nitrogens with zero attached hydrogens (tertiary/aromatic N) is 4. The number of aromatic nitrogens is 4. The molecule has 0 unspecified atom stereocenters. The number of benzene rings is 9. The predicted octanol–water partition coefficient (Wildman–Crippen LogP) is 14.6. The first-order valence-electron chi connectivity index (χ1n) is 27.7. The molecule has 0 saturated heterocycles. The summed E-state index contributed by atoms with van der Waals surface area (Å²) in [6.45, 7) is 0. The van der Waals surface area contributed by atoms with Crippen LogP contribution in [0, 0.1) is 0 Å². The van der Waals surface area contributed by atoms with Gasteiger partial charge in [-0.2, -0.15) is 0 Å². The van der Waals surface area contributed by atoms with Gasteiger partial charge in [-0.1, -0.05) is 194 Å². The highest BCUT2D eigenvalue weighted by atomic mass is 15.0. The molecule has 2 heterocycles. The number of hydrogen-bond donors (Lipinski definition) is 0. The molecule has 286 valence electrons. The molecule has 2 aromatic heterocycles. The van der Waals surface area contributed by atoms with Crippen molar-refractivity contribution in [1.82, 2.24) is 19.5 Å². The second-order valence-corrected chi connectivity index (χ2v) is 14.0. The van der Waals surface area contributed by atoms with Crippen molar-refractivity contribution >= 4 is 21.8 Å². The molecular formula is C57H38N4. The van der Waals surface area contributed by atoms with E-state index in [2.05, 4.69) is 0 Å². The third-order valence-corrected chi connectivity index (χ3v) is 10.3. The van der Waals surface area contributed by atoms with Crippen LogP contribution in [0.5, 0.6) is 0 Å². The van der Waals surface area contributed by atoms with Crippen LogP contribution in [0.4, 0.5) is 0 Å². The second kappa shape index (κ2) is 15.5. The summed E-state index contributed by atoms with van der Waals surface area (Å²) < 4.78 is 154. The minimum absolute atomic E-state index is 0.0634. The van der Waals surface area contributed by atoms with Gasteiger partial charge in [0, 0.05) is 33.0 Å². The molecule has 0 N–H and O–H groups in total. The molecule has 11 rings (SSSR count). The standard InChI is InChI=1S/C57H38N4/c1-5-16-39(17-6-1)42-28-30-44(31-29-42)55-58-56(47-25-15-24-45(36-47)40-18-7-2-8-19-40)60-57(59-55)48-33-35-53(51(37-48)43-22-11-4-12-23-43)61-52-27-14-13-26-49(52)50-34-32-46(38-54(50)61)41-20-9-3-10-21-41/h1-38H/i3D,4D,9D,10D,11D,12D,13D,14D,20D,21D,22D,23D,26D,27D,32D,34D,38D. The molecule has 0 radical (unpaired) electrons. The van der Waals surface area contributed by atoms with E-state index in [0.29, 0.717) is 11.1 Å². The van der Waals surface area contributed by atoms with E-state index in [4.69, 9.17) is 28.7 Å². The lowest BCUT2D eigenvalue weighted by molar-refractivity contribution is 1.07. The second-order valence-electron chi connectivity index (χ2n) is 14.0. The molecule has 11 aromatic rings. The smallest absolute Gasteiger partial charge is 0.164 e. The van der Waals surface area contributed by atoms with Gasteiger partial charge in [0.15, 0.2) is 17.5 Å². The molecule has 0 aliphatic rings. The third-order valence-electron chi connectivity index (χ3n) is 10.3. The molecule has 0 fully saturated rings. The van der Waals surface area contributed by atoms with Crippen LogP contribution >= 0.6 is 0 Å². The first kappa shape index (κ1) is 22.2. The van der Waals surface area contributed by atoms with Gasteiger partial charge < -0.3 is 4.57 Å². The maximum atomic E-state index is 9.89. The van der Waals surface area contributed by atoms with Gasteiger partial charge in [0.2, 0.25) is 0 Å². The van der Waals surface area contributed by atoms with Crippen LogP contribution in [-0.4, -0.2) is 19.5 Å². The van der Waals surface area contributed by atoms with Crippen molar-refractivity contribution in [3.05, 3.63) is 230 Å². The summed E-state index contributed by atoms with van der Waals surface area (Å²) >= 11 is 0. The summed E-state index contributed by atoms with van der Waals surface area (Å²) in [6.07, 6.45) is 0. The van der Waals surface area contributed by atoms with Gasteiger partial charge in [-0.05, 0) is 75.3 Å². The largest absolute Gasteiger partial charge is 0.309 e. The van der Waals surface area contributed by atoms with Gasteiger partial charge in [0.25, 0.3) is 0 Å². The van der Waals surface area contributed by atoms with E-state index in [1.165, 1.54) is 16.7 Å². The Morgan fingerprint density at radius 2 is 0.836 bits per heavy atom. The van der Waals surface area contributed by atoms with Crippen molar-refractivity contribution in [3.63, 3.8) is 0 Å². The summed E-state index contributed by atoms with van der Waals surface area (Å²) in [5.74, 6) is 0.563. The highest BCUT2D eigenvalue weighted by molar-refractivity contribution is 6.10. The van der Waals surface area contributed by atoms with Crippen LogP contribution in [0.3, 0.4) is 0 Å². The summed E-state index contributed by atoms with van der Waals surface area (Å²) in [4.78, 5) is 15.0. The molecule has 0 spiro atoms. The number of fused-ring (bicyclic) bond motifs is 3. The van der Waals surface area contributed by atoms with E-state index in [1.807, 2.05) is 109 Å². The molecular weight excluding hydrogens is 741 g/mol. The van der Waals surface area contributed by atoms with Crippen LogP contribution in [0.25, 0.3) is 106 Å². The van der Waals surface area contributed by atoms with E-state index in [-0.39, 0.29) is 61.7 Å². The molecule has 4 nitrogen and oxygen atoms in total. The van der Waals surface area contributed by atoms with E-state index in [0.717, 1.165) is 22.3 Å². The van der Waals surface area contributed by atoms with Crippen molar-refractivity contribution in [2.24, 2.45) is 0 Å². The Bertz CT molecular complexity index is 4280. The lowest BCUT2D eigenvalue weighted by Gasteiger charge is -2.16. The summed E-state index contributed by atoms with van der Waals surface area (Å²) in [7, 11) is 0. The third kappa shape index (κ3) is 6.86. The van der Waals surface area contributed by atoms with Crippen LogP contribution < -0.4 is 0 Å². The first-order chi connectivity index (χ1) is 37.3. The van der Waals surface area contributed by atoms with Gasteiger partial charge in [0.1, 0.15) is 0 Å². The Balaban J connectivity index is 1.25. The van der Waals surface area contributed by atoms with Gasteiger partial charge in [0.05, 0.1) is 40.0 Å². The average Bonchev–Trinajstić information content (AvgIpc) is 4.06. The molecule has 0 bridgehead atoms. The van der Waals surface area contributed by atoms with E-state index in [9.17, 15) is 9.60 Å². The molecule has 0 aliphatic heterocycles. The van der Waals surface area contributed by atoms with Crippen molar-refractivity contribution in [2.75, 3.05) is 0 Å². The van der Waals surface area contributed by atoms with Crippen molar-refractivity contribution in [1.29, 1.82) is 0 Å². The Kier molecular flexibility index (Phi) is 5.66. The Hall–Kier alpha value is -8.21. The van der Waals surface area contributed by atoms with Crippen LogP contribution in [0.1, 0.15) is 23.3 Å². The lowest BCUT2D eigenvalue weighted by atomic mass is 9.99. The SMILES string of the molecule is [2H]c1c([2H])c([2H])c(-c2cc(-c3nc(-c4ccc(-c5ccccc5)cc4)nc(-c4cccc(-c5ccccc5)c4)n3)ccc2-n2c3c([2H])c([2H])c([2H])c([2H])c3c3c([2H])c([2H])c(-c4c([2H])c([2H])c([2H])c([2H])c4[2H])c([2H])c32)c([2H])c1[2H]. The van der Waals surface area contributed by atoms with Gasteiger partial charge >= 0.3 is 0 Å². The van der Waals surface area contributed by atoms with E-state index >= 15 is 0 Å². The van der Waals surface area contributed by atoms with Gasteiger partial charge in [-0.25, -0.2) is 15.0 Å². The van der Waals surface area contributed by atoms with Crippen LogP contribution in [0.2, 0.25) is 0 Å². The minimum Gasteiger partial charge on any atom is -0.309 e. The molecule has 9 aromatic carbocycles. The monoisotopic (exact) mass is 795 g/mol. The topological polar surface area (TPSA) is 43.6 Å². The van der Waals surface area contributed by atoms with E-state index < -0.39 is 114 Å². The van der Waals surface area contributed by atoms with Crippen LogP contribution in [-0.2, 0) is 0 Å². The fourth-order valence-corrected chi connectivity index (χ4v) is 7.38. The average molecular weight is 796 g/mol. The molecule has 0 atom stereocenters. The van der Waals surface area contributed by atoms with Gasteiger partial charge in [-0.15, -0.1) is 0 Å². The quantitative estimate of drug-likeness (QED) is 0.154. The van der Waals surface area contributed by atoms with Crippen molar-refractivity contribution in [3.8, 4) is 84.4 Å². The van der Waals surface area contributed by atoms with Crippen molar-refractivity contribution < 1.29 is 23.3 Å². The zero-order valence-corrected chi connectivity index (χ0v) is 31.9. The van der Waals surface area contributed by atoms with Crippen molar-refractivity contribution in [2.45, 2.75) is 0 Å². The molecule has 0 saturated carbocycles. The molecule has 4 heteroatoms. The summed E-state index contributed by atoms with van der Waals surface area (Å²) in [5.41, 5.74) is 2.63. The Morgan fingerprint density at radius 3 is 1.54 bits per heavy atom. The van der Waals surface area contributed by atoms with E-state index in [1.54, 1.807) is 6.07 Å². The Labute approximate surface area is 378 Å². The molecule has 0 amide bonds. The lowest BCUT2D eigenvalue weighted by Crippen LogP contribution is -2.02. The summed E-state index contributed by atoms with van der Waals surface area (Å²) in [5, 5.41) is -0.642. The zero-order chi connectivity index (χ0) is 55.3. The van der Waals surface area contributed by atoms with Crippen LogP contribution in [0.15, 0.2) is 230 Å². The fourth-order valence-electron chi connectivity index (χ4n) is 7.38. The highest BCUT2D eigenvalue weighted by Crippen LogP contribution is 2.40. The fraction of sp³-hybridized carbons (Fsp3) is 0. The zero-order valence-electron chi connectivity index (χ0n) is 48.9. The molecule has 0 aliphatic carbocycles. The molecule has 61 heavy (non-hydrogen) atoms. The highest BCUT2D eigenvalue weighted by Gasteiger charge is 2.19. The normalized spacial score (nSPS) is 15.2. The number of para-hydroxylation sites is 1. The number of rotatable bonds is 8. The Morgan fingerprint density at radius 1 is 0.328 bits per heavy atom. The summed E-state index contributed by atoms with van der Waals surface area (Å²) in [6, 6.07) is 26.8.